The molecule has 0 atom stereocenters. The Balaban J connectivity index is 1.49. The first-order chi connectivity index (χ1) is 14.2. The molecule has 0 N–H and O–H groups in total. The summed E-state index contributed by atoms with van der Waals surface area (Å²) in [5.74, 6) is 0.0943. The Morgan fingerprint density at radius 1 is 1.14 bits per heavy atom. The van der Waals surface area contributed by atoms with Crippen LogP contribution in [-0.4, -0.2) is 75.8 Å². The SMILES string of the molecule is CCCN(C)Cc1c(C(=O)N2CCN(C3CCCCC3)CC2)nc2ccccn12. The van der Waals surface area contributed by atoms with Gasteiger partial charge >= 0.3 is 0 Å². The number of aromatic nitrogens is 2. The van der Waals surface area contributed by atoms with Gasteiger partial charge in [0.1, 0.15) is 5.65 Å². The molecule has 1 amide bonds. The molecule has 3 heterocycles. The second-order valence-electron chi connectivity index (χ2n) is 8.69. The van der Waals surface area contributed by atoms with Crippen molar-refractivity contribution in [2.45, 2.75) is 58.0 Å². The minimum Gasteiger partial charge on any atom is -0.335 e. The molecule has 2 fully saturated rings. The maximum absolute atomic E-state index is 13.4. The Kier molecular flexibility index (Phi) is 6.50. The number of pyridine rings is 1. The van der Waals surface area contributed by atoms with Crippen LogP contribution in [0.1, 0.15) is 61.6 Å². The number of amides is 1. The van der Waals surface area contributed by atoms with Crippen molar-refractivity contribution in [3.05, 3.63) is 35.8 Å². The lowest BCUT2D eigenvalue weighted by Crippen LogP contribution is -2.52. The van der Waals surface area contributed by atoms with Gasteiger partial charge in [0, 0.05) is 45.0 Å². The molecule has 1 aliphatic carbocycles. The zero-order chi connectivity index (χ0) is 20.2. The van der Waals surface area contributed by atoms with Crippen molar-refractivity contribution < 1.29 is 4.79 Å². The predicted octanol–water partition coefficient (Wildman–Crippen LogP) is 3.27. The van der Waals surface area contributed by atoms with Gasteiger partial charge in [-0.3, -0.25) is 9.69 Å². The molecule has 0 radical (unpaired) electrons. The summed E-state index contributed by atoms with van der Waals surface area (Å²) in [6, 6.07) is 6.71. The van der Waals surface area contributed by atoms with Gasteiger partial charge in [-0.15, -0.1) is 0 Å². The Bertz CT molecular complexity index is 818. The molecule has 0 spiro atoms. The molecule has 1 saturated heterocycles. The standard InChI is InChI=1S/C23H35N5O/c1-3-12-25(2)18-20-22(24-21-11-7-8-13-28(20)21)23(29)27-16-14-26(15-17-27)19-9-5-4-6-10-19/h7-8,11,13,19H,3-6,9-10,12,14-18H2,1-2H3. The van der Waals surface area contributed by atoms with Crippen LogP contribution in [0, 0.1) is 0 Å². The molecule has 4 rings (SSSR count). The maximum Gasteiger partial charge on any atom is 0.274 e. The lowest BCUT2D eigenvalue weighted by atomic mass is 9.94. The van der Waals surface area contributed by atoms with Crippen molar-refractivity contribution >= 4 is 11.6 Å². The van der Waals surface area contributed by atoms with Gasteiger partial charge in [-0.25, -0.2) is 4.98 Å². The van der Waals surface area contributed by atoms with E-state index in [2.05, 4.69) is 28.2 Å². The van der Waals surface area contributed by atoms with E-state index in [-0.39, 0.29) is 5.91 Å². The first-order valence-electron chi connectivity index (χ1n) is 11.3. The molecule has 1 aliphatic heterocycles. The van der Waals surface area contributed by atoms with Gasteiger partial charge in [0.2, 0.25) is 0 Å². The van der Waals surface area contributed by atoms with Crippen LogP contribution in [0.5, 0.6) is 0 Å². The fourth-order valence-corrected chi connectivity index (χ4v) is 4.97. The number of fused-ring (bicyclic) bond motifs is 1. The highest BCUT2D eigenvalue weighted by Crippen LogP contribution is 2.24. The van der Waals surface area contributed by atoms with Crippen molar-refractivity contribution in [1.29, 1.82) is 0 Å². The number of piperazine rings is 1. The Morgan fingerprint density at radius 3 is 2.62 bits per heavy atom. The van der Waals surface area contributed by atoms with Gasteiger partial charge in [-0.1, -0.05) is 32.3 Å². The third-order valence-electron chi connectivity index (χ3n) is 6.55. The second kappa shape index (κ2) is 9.26. The van der Waals surface area contributed by atoms with E-state index in [0.29, 0.717) is 5.69 Å². The summed E-state index contributed by atoms with van der Waals surface area (Å²) < 4.78 is 2.08. The first-order valence-corrected chi connectivity index (χ1v) is 11.3. The molecule has 2 aliphatic rings. The topological polar surface area (TPSA) is 44.1 Å². The Morgan fingerprint density at radius 2 is 1.90 bits per heavy atom. The average Bonchev–Trinajstić information content (AvgIpc) is 3.12. The number of carbonyl (C=O) groups is 1. The van der Waals surface area contributed by atoms with E-state index >= 15 is 0 Å². The minimum atomic E-state index is 0.0943. The Hall–Kier alpha value is -1.92. The summed E-state index contributed by atoms with van der Waals surface area (Å²) in [5, 5.41) is 0. The fourth-order valence-electron chi connectivity index (χ4n) is 4.97. The van der Waals surface area contributed by atoms with Crippen molar-refractivity contribution in [2.24, 2.45) is 0 Å². The normalized spacial score (nSPS) is 19.3. The highest BCUT2D eigenvalue weighted by molar-refractivity contribution is 5.94. The number of hydrogen-bond acceptors (Lipinski definition) is 4. The quantitative estimate of drug-likeness (QED) is 0.750. The zero-order valence-electron chi connectivity index (χ0n) is 18.0. The van der Waals surface area contributed by atoms with Gasteiger partial charge in [0.05, 0.1) is 5.69 Å². The zero-order valence-corrected chi connectivity index (χ0v) is 18.0. The van der Waals surface area contributed by atoms with Crippen molar-refractivity contribution in [3.63, 3.8) is 0 Å². The molecule has 2 aromatic rings. The molecule has 6 nitrogen and oxygen atoms in total. The van der Waals surface area contributed by atoms with E-state index in [0.717, 1.165) is 63.1 Å². The highest BCUT2D eigenvalue weighted by atomic mass is 16.2. The molecular weight excluding hydrogens is 362 g/mol. The van der Waals surface area contributed by atoms with Gasteiger partial charge < -0.3 is 14.2 Å². The van der Waals surface area contributed by atoms with Crippen LogP contribution in [0.15, 0.2) is 24.4 Å². The minimum absolute atomic E-state index is 0.0943. The summed E-state index contributed by atoms with van der Waals surface area (Å²) in [7, 11) is 2.11. The summed E-state index contributed by atoms with van der Waals surface area (Å²) in [6.07, 6.45) is 9.88. The highest BCUT2D eigenvalue weighted by Gasteiger charge is 2.30. The third-order valence-corrected chi connectivity index (χ3v) is 6.55. The number of rotatable bonds is 6. The third kappa shape index (κ3) is 4.48. The molecule has 29 heavy (non-hydrogen) atoms. The van der Waals surface area contributed by atoms with E-state index in [9.17, 15) is 4.79 Å². The van der Waals surface area contributed by atoms with Crippen LogP contribution >= 0.6 is 0 Å². The van der Waals surface area contributed by atoms with Crippen LogP contribution in [0.3, 0.4) is 0 Å². The molecule has 2 aromatic heterocycles. The molecule has 158 valence electrons. The largest absolute Gasteiger partial charge is 0.335 e. The number of hydrogen-bond donors (Lipinski definition) is 0. The number of carbonyl (C=O) groups excluding carboxylic acids is 1. The van der Waals surface area contributed by atoms with E-state index in [1.54, 1.807) is 0 Å². The fraction of sp³-hybridized carbons (Fsp3) is 0.652. The van der Waals surface area contributed by atoms with Crippen LogP contribution in [0.2, 0.25) is 0 Å². The van der Waals surface area contributed by atoms with Crippen molar-refractivity contribution in [1.82, 2.24) is 24.1 Å². The van der Waals surface area contributed by atoms with Crippen molar-refractivity contribution in [3.8, 4) is 0 Å². The van der Waals surface area contributed by atoms with E-state index in [1.807, 2.05) is 29.3 Å². The van der Waals surface area contributed by atoms with Crippen LogP contribution < -0.4 is 0 Å². The monoisotopic (exact) mass is 397 g/mol. The van der Waals surface area contributed by atoms with Crippen LogP contribution in [-0.2, 0) is 6.54 Å². The van der Waals surface area contributed by atoms with Gasteiger partial charge in [0.15, 0.2) is 5.69 Å². The molecule has 0 bridgehead atoms. The molecule has 0 unspecified atom stereocenters. The Labute approximate surface area is 174 Å². The van der Waals surface area contributed by atoms with Crippen molar-refractivity contribution in [2.75, 3.05) is 39.8 Å². The summed E-state index contributed by atoms with van der Waals surface area (Å²) in [4.78, 5) is 25.1. The van der Waals surface area contributed by atoms with E-state index < -0.39 is 0 Å². The number of imidazole rings is 1. The second-order valence-corrected chi connectivity index (χ2v) is 8.69. The summed E-state index contributed by atoms with van der Waals surface area (Å²) in [6.45, 7) is 7.54. The first kappa shape index (κ1) is 20.4. The lowest BCUT2D eigenvalue weighted by molar-refractivity contribution is 0.0517. The lowest BCUT2D eigenvalue weighted by Gasteiger charge is -2.40. The summed E-state index contributed by atoms with van der Waals surface area (Å²) in [5.41, 5.74) is 2.50. The predicted molar refractivity (Wildman–Crippen MR) is 116 cm³/mol. The smallest absolute Gasteiger partial charge is 0.274 e. The van der Waals surface area contributed by atoms with Gasteiger partial charge in [-0.2, -0.15) is 0 Å². The van der Waals surface area contributed by atoms with Crippen LogP contribution in [0.4, 0.5) is 0 Å². The van der Waals surface area contributed by atoms with E-state index in [1.165, 1.54) is 32.1 Å². The maximum atomic E-state index is 13.4. The summed E-state index contributed by atoms with van der Waals surface area (Å²) >= 11 is 0. The molecule has 1 saturated carbocycles. The number of nitrogens with zero attached hydrogens (tertiary/aromatic N) is 5. The van der Waals surface area contributed by atoms with E-state index in [4.69, 9.17) is 4.98 Å². The van der Waals surface area contributed by atoms with Crippen LogP contribution in [0.25, 0.3) is 5.65 Å². The average molecular weight is 398 g/mol. The molecule has 0 aromatic carbocycles. The molecular formula is C23H35N5O. The van der Waals surface area contributed by atoms with Gasteiger partial charge in [0.25, 0.3) is 5.91 Å². The van der Waals surface area contributed by atoms with Gasteiger partial charge in [-0.05, 0) is 45.0 Å². The molecule has 6 heteroatoms.